The van der Waals surface area contributed by atoms with Crippen molar-refractivity contribution >= 4 is 97.9 Å². The molecule has 0 unspecified atom stereocenters. The minimum absolute atomic E-state index is 0.548. The van der Waals surface area contributed by atoms with E-state index in [2.05, 4.69) is 197 Å². The molecule has 0 amide bonds. The van der Waals surface area contributed by atoms with Gasteiger partial charge < -0.3 is 8.98 Å². The Morgan fingerprint density at radius 3 is 1.73 bits per heavy atom. The first kappa shape index (κ1) is 34.1. The van der Waals surface area contributed by atoms with Crippen molar-refractivity contribution in [1.82, 2.24) is 24.1 Å². The summed E-state index contributed by atoms with van der Waals surface area (Å²) in [5.74, 6) is 1.70. The average Bonchev–Trinajstić information content (AvgIpc) is 4.01. The number of furan rings is 1. The third-order valence-corrected chi connectivity index (χ3v) is 12.9. The summed E-state index contributed by atoms with van der Waals surface area (Å²) in [6, 6.07) is 70.8. The lowest BCUT2D eigenvalue weighted by atomic mass is 10.0. The maximum Gasteiger partial charge on any atom is 0.238 e. The predicted molar refractivity (Wildman–Crippen MR) is 259 cm³/mol. The Labute approximate surface area is 359 Å². The van der Waals surface area contributed by atoms with Crippen LogP contribution in [0.15, 0.2) is 205 Å². The number of hydrogen-bond acceptors (Lipinski definition) is 4. The molecule has 0 aliphatic heterocycles. The number of benzene rings is 10. The largest absolute Gasteiger partial charge is 0.454 e. The molecular weight excluding hydrogens is 771 g/mol. The summed E-state index contributed by atoms with van der Waals surface area (Å²) in [7, 11) is 0. The van der Waals surface area contributed by atoms with Crippen LogP contribution in [0.2, 0.25) is 0 Å². The molecule has 0 fully saturated rings. The summed E-state index contributed by atoms with van der Waals surface area (Å²) >= 11 is 0. The Kier molecular flexibility index (Phi) is 7.02. The zero-order chi connectivity index (χ0) is 41.2. The van der Waals surface area contributed by atoms with Gasteiger partial charge in [-0.3, -0.25) is 4.57 Å². The van der Waals surface area contributed by atoms with E-state index in [9.17, 15) is 0 Å². The van der Waals surface area contributed by atoms with E-state index < -0.39 is 0 Å². The van der Waals surface area contributed by atoms with Crippen molar-refractivity contribution in [3.05, 3.63) is 200 Å². The molecule has 0 N–H and O–H groups in total. The van der Waals surface area contributed by atoms with Gasteiger partial charge in [0.2, 0.25) is 5.95 Å². The van der Waals surface area contributed by atoms with E-state index >= 15 is 0 Å². The lowest BCUT2D eigenvalue weighted by Crippen LogP contribution is -2.06. The maximum atomic E-state index is 7.03. The highest BCUT2D eigenvalue weighted by Crippen LogP contribution is 2.44. The van der Waals surface area contributed by atoms with E-state index in [4.69, 9.17) is 19.4 Å². The Bertz CT molecular complexity index is 4180. The first-order valence-electron chi connectivity index (χ1n) is 21.3. The molecule has 0 aliphatic rings. The van der Waals surface area contributed by atoms with Gasteiger partial charge in [0.25, 0.3) is 0 Å². The molecule has 63 heavy (non-hydrogen) atoms. The average molecular weight is 804 g/mol. The maximum absolute atomic E-state index is 7.03. The van der Waals surface area contributed by atoms with E-state index in [1.54, 1.807) is 0 Å². The zero-order valence-electron chi connectivity index (χ0n) is 33.7. The Morgan fingerprint density at radius 1 is 0.349 bits per heavy atom. The second-order valence-corrected chi connectivity index (χ2v) is 16.4. The standard InChI is InChI=1S/C57H33N5O/c1-2-15-36-31-39(26-25-34(36)13-1)55-58-56(60-57(59-55)62-46-22-10-7-19-41(46)42-20-8-11-23-47(42)62)44-28-30-49(54-53(44)43-21-9-12-24-51(43)63-54)61-48-29-27-35-14-5-6-18-40(35)52(48)45-32-37-16-3-4-17-38(37)33-50(45)61/h1-33H. The SMILES string of the molecule is c1ccc2cc(-c3nc(-c4ccc(-n5c6cc7ccccc7cc6c6c7ccccc7ccc65)c5oc6ccccc6c45)nc(-n4c5ccccc5c5ccccc54)n3)ccc2c1. The lowest BCUT2D eigenvalue weighted by Gasteiger charge is -2.14. The van der Waals surface area contributed by atoms with Crippen molar-refractivity contribution in [2.45, 2.75) is 0 Å². The van der Waals surface area contributed by atoms with Gasteiger partial charge in [-0.1, -0.05) is 146 Å². The van der Waals surface area contributed by atoms with Crippen LogP contribution < -0.4 is 0 Å². The molecule has 0 saturated carbocycles. The molecule has 0 aliphatic carbocycles. The van der Waals surface area contributed by atoms with E-state index in [-0.39, 0.29) is 0 Å². The number of para-hydroxylation sites is 3. The van der Waals surface area contributed by atoms with E-state index in [1.165, 1.54) is 32.3 Å². The van der Waals surface area contributed by atoms with Crippen LogP contribution in [-0.4, -0.2) is 24.1 Å². The van der Waals surface area contributed by atoms with Crippen molar-refractivity contribution in [2.24, 2.45) is 0 Å². The molecule has 6 nitrogen and oxygen atoms in total. The summed E-state index contributed by atoms with van der Waals surface area (Å²) in [6.45, 7) is 0. The molecule has 0 spiro atoms. The van der Waals surface area contributed by atoms with Gasteiger partial charge in [-0.25, -0.2) is 4.98 Å². The molecule has 4 aromatic heterocycles. The third-order valence-electron chi connectivity index (χ3n) is 12.9. The molecule has 6 heteroatoms. The predicted octanol–water partition coefficient (Wildman–Crippen LogP) is 14.8. The first-order valence-corrected chi connectivity index (χ1v) is 21.3. The highest BCUT2D eigenvalue weighted by Gasteiger charge is 2.25. The molecule has 4 heterocycles. The van der Waals surface area contributed by atoms with Crippen LogP contribution in [0.5, 0.6) is 0 Å². The fraction of sp³-hybridized carbons (Fsp3) is 0. The van der Waals surface area contributed by atoms with Crippen molar-refractivity contribution in [3.8, 4) is 34.4 Å². The number of aromatic nitrogens is 5. The van der Waals surface area contributed by atoms with Gasteiger partial charge >= 0.3 is 0 Å². The van der Waals surface area contributed by atoms with Crippen molar-refractivity contribution in [3.63, 3.8) is 0 Å². The van der Waals surface area contributed by atoms with Gasteiger partial charge in [-0.05, 0) is 86.9 Å². The zero-order valence-corrected chi connectivity index (χ0v) is 33.7. The molecule has 292 valence electrons. The van der Waals surface area contributed by atoms with Gasteiger partial charge in [0.1, 0.15) is 5.58 Å². The molecular formula is C57H33N5O. The summed E-state index contributed by atoms with van der Waals surface area (Å²) in [5.41, 5.74) is 8.56. The minimum Gasteiger partial charge on any atom is -0.454 e. The molecule has 0 bridgehead atoms. The number of rotatable bonds is 4. The second-order valence-electron chi connectivity index (χ2n) is 16.4. The summed E-state index contributed by atoms with van der Waals surface area (Å²) in [6.07, 6.45) is 0. The fourth-order valence-electron chi connectivity index (χ4n) is 10.1. The van der Waals surface area contributed by atoms with Crippen molar-refractivity contribution in [1.29, 1.82) is 0 Å². The van der Waals surface area contributed by atoms with Crippen LogP contribution in [0.3, 0.4) is 0 Å². The topological polar surface area (TPSA) is 61.7 Å². The minimum atomic E-state index is 0.548. The molecule has 14 aromatic rings. The quantitative estimate of drug-likeness (QED) is 0.178. The van der Waals surface area contributed by atoms with E-state index in [1.807, 2.05) is 12.1 Å². The second kappa shape index (κ2) is 12.9. The normalized spacial score (nSPS) is 12.1. The molecule has 14 rings (SSSR count). The monoisotopic (exact) mass is 803 g/mol. The van der Waals surface area contributed by atoms with Gasteiger partial charge in [-0.15, -0.1) is 0 Å². The van der Waals surface area contributed by atoms with Crippen LogP contribution >= 0.6 is 0 Å². The molecule has 0 radical (unpaired) electrons. The van der Waals surface area contributed by atoms with Crippen LogP contribution in [0.1, 0.15) is 0 Å². The summed E-state index contributed by atoms with van der Waals surface area (Å²) in [4.78, 5) is 16.1. The smallest absolute Gasteiger partial charge is 0.238 e. The third kappa shape index (κ3) is 4.97. The Morgan fingerprint density at radius 2 is 0.952 bits per heavy atom. The van der Waals surface area contributed by atoms with Gasteiger partial charge in [-0.2, -0.15) is 9.97 Å². The number of fused-ring (bicyclic) bond motifs is 13. The highest BCUT2D eigenvalue weighted by atomic mass is 16.3. The van der Waals surface area contributed by atoms with Crippen LogP contribution in [0, 0.1) is 0 Å². The number of hydrogen-bond donors (Lipinski definition) is 0. The van der Waals surface area contributed by atoms with Crippen LogP contribution in [0.4, 0.5) is 0 Å². The van der Waals surface area contributed by atoms with Gasteiger partial charge in [0.05, 0.1) is 27.8 Å². The van der Waals surface area contributed by atoms with Gasteiger partial charge in [0.15, 0.2) is 17.2 Å². The van der Waals surface area contributed by atoms with Crippen molar-refractivity contribution in [2.75, 3.05) is 0 Å². The van der Waals surface area contributed by atoms with Crippen molar-refractivity contribution < 1.29 is 4.42 Å². The summed E-state index contributed by atoms with van der Waals surface area (Å²) < 4.78 is 11.6. The van der Waals surface area contributed by atoms with Gasteiger partial charge in [0, 0.05) is 43.4 Å². The van der Waals surface area contributed by atoms with Crippen LogP contribution in [-0.2, 0) is 0 Å². The Hall–Kier alpha value is -8.61. The Balaban J connectivity index is 1.09. The highest BCUT2D eigenvalue weighted by molar-refractivity contribution is 6.24. The molecule has 0 atom stereocenters. The lowest BCUT2D eigenvalue weighted by molar-refractivity contribution is 0.666. The van der Waals surface area contributed by atoms with Crippen LogP contribution in [0.25, 0.3) is 132 Å². The van der Waals surface area contributed by atoms with E-state index in [0.29, 0.717) is 17.6 Å². The van der Waals surface area contributed by atoms with E-state index in [0.717, 1.165) is 82.4 Å². The molecule has 10 aromatic carbocycles. The fourth-order valence-corrected chi connectivity index (χ4v) is 10.1. The molecule has 0 saturated heterocycles. The first-order chi connectivity index (χ1) is 31.2. The summed E-state index contributed by atoms with van der Waals surface area (Å²) in [5, 5.41) is 13.7. The number of nitrogens with zero attached hydrogens (tertiary/aromatic N) is 5.